The zero-order valence-corrected chi connectivity index (χ0v) is 14.5. The molecule has 1 amide bonds. The third-order valence-corrected chi connectivity index (χ3v) is 3.73. The quantitative estimate of drug-likeness (QED) is 0.620. The smallest absolute Gasteiger partial charge is 0.277 e. The lowest BCUT2D eigenvalue weighted by Gasteiger charge is -2.07. The largest absolute Gasteiger partial charge is 0.497 e. The molecule has 2 aromatic rings. The lowest BCUT2D eigenvalue weighted by atomic mass is 10.1. The van der Waals surface area contributed by atoms with Gasteiger partial charge < -0.3 is 9.47 Å². The molecular formula is C17H17BrN2O3. The van der Waals surface area contributed by atoms with Crippen LogP contribution >= 0.6 is 15.9 Å². The molecule has 0 heterocycles. The molecule has 1 N–H and O–H groups in total. The molecule has 0 saturated carbocycles. The van der Waals surface area contributed by atoms with Crippen molar-refractivity contribution in [3.63, 3.8) is 0 Å². The van der Waals surface area contributed by atoms with Crippen molar-refractivity contribution in [3.05, 3.63) is 58.6 Å². The molecule has 120 valence electrons. The molecule has 0 atom stereocenters. The fraction of sp³-hybridized carbons (Fsp3) is 0.176. The highest BCUT2D eigenvalue weighted by molar-refractivity contribution is 9.10. The molecule has 0 spiro atoms. The third-order valence-electron chi connectivity index (χ3n) is 3.04. The van der Waals surface area contributed by atoms with Crippen LogP contribution in [0.1, 0.15) is 12.5 Å². The molecule has 0 aromatic heterocycles. The summed E-state index contributed by atoms with van der Waals surface area (Å²) in [6, 6.07) is 14.7. The molecule has 0 saturated heterocycles. The number of methoxy groups -OCH3 is 1. The van der Waals surface area contributed by atoms with Gasteiger partial charge in [0, 0.05) is 10.0 Å². The van der Waals surface area contributed by atoms with Crippen molar-refractivity contribution in [2.75, 3.05) is 13.7 Å². The summed E-state index contributed by atoms with van der Waals surface area (Å²) in [6.45, 7) is 1.71. The number of benzene rings is 2. The van der Waals surface area contributed by atoms with E-state index in [1.54, 1.807) is 31.4 Å². The number of carbonyl (C=O) groups excluding carboxylic acids is 1. The molecule has 0 aliphatic heterocycles. The maximum absolute atomic E-state index is 11.8. The summed E-state index contributed by atoms with van der Waals surface area (Å²) in [7, 11) is 1.59. The minimum Gasteiger partial charge on any atom is -0.497 e. The van der Waals surface area contributed by atoms with Crippen molar-refractivity contribution in [2.45, 2.75) is 6.92 Å². The van der Waals surface area contributed by atoms with E-state index in [0.717, 1.165) is 15.8 Å². The van der Waals surface area contributed by atoms with Crippen LogP contribution < -0.4 is 14.9 Å². The zero-order chi connectivity index (χ0) is 16.7. The Morgan fingerprint density at radius 2 is 1.78 bits per heavy atom. The molecule has 5 nitrogen and oxygen atoms in total. The van der Waals surface area contributed by atoms with E-state index in [4.69, 9.17) is 9.47 Å². The summed E-state index contributed by atoms with van der Waals surface area (Å²) in [5.74, 6) is 0.996. The first kappa shape index (κ1) is 17.0. The number of halogens is 1. The molecule has 0 fully saturated rings. The van der Waals surface area contributed by atoms with E-state index in [2.05, 4.69) is 26.5 Å². The summed E-state index contributed by atoms with van der Waals surface area (Å²) in [5.41, 5.74) is 4.10. The van der Waals surface area contributed by atoms with Crippen LogP contribution in [-0.2, 0) is 4.79 Å². The van der Waals surface area contributed by atoms with E-state index in [1.165, 1.54) is 0 Å². The van der Waals surface area contributed by atoms with E-state index in [-0.39, 0.29) is 12.5 Å². The molecule has 0 unspecified atom stereocenters. The summed E-state index contributed by atoms with van der Waals surface area (Å²) in [4.78, 5) is 11.8. The fourth-order valence-electron chi connectivity index (χ4n) is 1.81. The number of amides is 1. The van der Waals surface area contributed by atoms with Crippen molar-refractivity contribution >= 4 is 27.5 Å². The van der Waals surface area contributed by atoms with Crippen molar-refractivity contribution < 1.29 is 14.3 Å². The molecule has 0 aliphatic rings. The molecule has 0 bridgehead atoms. The van der Waals surface area contributed by atoms with Crippen molar-refractivity contribution in [2.24, 2.45) is 5.10 Å². The van der Waals surface area contributed by atoms with Gasteiger partial charge in [0.1, 0.15) is 11.5 Å². The van der Waals surface area contributed by atoms with Gasteiger partial charge in [0.05, 0.1) is 12.8 Å². The molecule has 0 radical (unpaired) electrons. The molecule has 0 aliphatic carbocycles. The van der Waals surface area contributed by atoms with Crippen molar-refractivity contribution in [1.29, 1.82) is 0 Å². The maximum Gasteiger partial charge on any atom is 0.277 e. The number of hydrogen-bond donors (Lipinski definition) is 1. The van der Waals surface area contributed by atoms with Gasteiger partial charge in [0.2, 0.25) is 0 Å². The van der Waals surface area contributed by atoms with E-state index < -0.39 is 0 Å². The van der Waals surface area contributed by atoms with E-state index in [1.807, 2.05) is 31.2 Å². The SMILES string of the molecule is COc1ccc(OCC(=O)N/N=C(/C)c2ccccc2Br)cc1. The lowest BCUT2D eigenvalue weighted by Crippen LogP contribution is -2.25. The van der Waals surface area contributed by atoms with Gasteiger partial charge in [0.25, 0.3) is 5.91 Å². The zero-order valence-electron chi connectivity index (χ0n) is 12.9. The lowest BCUT2D eigenvalue weighted by molar-refractivity contribution is -0.123. The van der Waals surface area contributed by atoms with Crippen LogP contribution in [0.25, 0.3) is 0 Å². The van der Waals surface area contributed by atoms with Crippen molar-refractivity contribution in [3.8, 4) is 11.5 Å². The Morgan fingerprint density at radius 3 is 2.43 bits per heavy atom. The first-order chi connectivity index (χ1) is 11.1. The number of hydrogen-bond acceptors (Lipinski definition) is 4. The first-order valence-corrected chi connectivity index (χ1v) is 7.74. The van der Waals surface area contributed by atoms with Crippen molar-refractivity contribution in [1.82, 2.24) is 5.43 Å². The van der Waals surface area contributed by atoms with Crippen LogP contribution in [-0.4, -0.2) is 25.3 Å². The van der Waals surface area contributed by atoms with Crippen LogP contribution in [0.3, 0.4) is 0 Å². The number of nitrogens with one attached hydrogen (secondary N) is 1. The molecule has 2 rings (SSSR count). The predicted molar refractivity (Wildman–Crippen MR) is 93.0 cm³/mol. The standard InChI is InChI=1S/C17H17BrN2O3/c1-12(15-5-3-4-6-16(15)18)19-20-17(21)11-23-14-9-7-13(22-2)8-10-14/h3-10H,11H2,1-2H3,(H,20,21)/b19-12-. The topological polar surface area (TPSA) is 59.9 Å². The van der Waals surface area contributed by atoms with E-state index in [9.17, 15) is 4.79 Å². The van der Waals surface area contributed by atoms with Gasteiger partial charge in [0.15, 0.2) is 6.61 Å². The third kappa shape index (κ3) is 5.10. The maximum atomic E-state index is 11.8. The monoisotopic (exact) mass is 376 g/mol. The summed E-state index contributed by atoms with van der Waals surface area (Å²) >= 11 is 3.45. The first-order valence-electron chi connectivity index (χ1n) is 6.95. The highest BCUT2D eigenvalue weighted by Gasteiger charge is 2.05. The Balaban J connectivity index is 1.87. The Hall–Kier alpha value is -2.34. The minimum absolute atomic E-state index is 0.112. The number of nitrogens with zero attached hydrogens (tertiary/aromatic N) is 1. The van der Waals surface area contributed by atoms with Crippen LogP contribution in [0.15, 0.2) is 58.1 Å². The van der Waals surface area contributed by atoms with Crippen LogP contribution in [0.4, 0.5) is 0 Å². The second-order valence-corrected chi connectivity index (χ2v) is 5.53. The van der Waals surface area contributed by atoms with Crippen LogP contribution in [0.2, 0.25) is 0 Å². The summed E-state index contributed by atoms with van der Waals surface area (Å²) in [6.07, 6.45) is 0. The second-order valence-electron chi connectivity index (χ2n) is 4.68. The average Bonchev–Trinajstić information content (AvgIpc) is 2.58. The highest BCUT2D eigenvalue weighted by atomic mass is 79.9. The Labute approximate surface area is 143 Å². The number of ether oxygens (including phenoxy) is 2. The molecular weight excluding hydrogens is 360 g/mol. The molecule has 23 heavy (non-hydrogen) atoms. The Morgan fingerprint density at radius 1 is 1.13 bits per heavy atom. The van der Waals surface area contributed by atoms with Crippen LogP contribution in [0, 0.1) is 0 Å². The minimum atomic E-state index is -0.327. The van der Waals surface area contributed by atoms with Crippen LogP contribution in [0.5, 0.6) is 11.5 Å². The predicted octanol–water partition coefficient (Wildman–Crippen LogP) is 3.38. The van der Waals surface area contributed by atoms with Gasteiger partial charge in [-0.25, -0.2) is 5.43 Å². The van der Waals surface area contributed by atoms with Gasteiger partial charge in [-0.15, -0.1) is 0 Å². The van der Waals surface area contributed by atoms with Gasteiger partial charge in [-0.1, -0.05) is 34.1 Å². The molecule has 6 heteroatoms. The second kappa shape index (κ2) is 8.33. The fourth-order valence-corrected chi connectivity index (χ4v) is 2.39. The Kier molecular flexibility index (Phi) is 6.17. The number of hydrazone groups is 1. The summed E-state index contributed by atoms with van der Waals surface area (Å²) < 4.78 is 11.4. The van der Waals surface area contributed by atoms with Gasteiger partial charge >= 0.3 is 0 Å². The van der Waals surface area contributed by atoms with Gasteiger partial charge in [-0.3, -0.25) is 4.79 Å². The van der Waals surface area contributed by atoms with E-state index >= 15 is 0 Å². The highest BCUT2D eigenvalue weighted by Crippen LogP contribution is 2.17. The normalized spacial score (nSPS) is 11.0. The number of carbonyl (C=O) groups is 1. The number of rotatable bonds is 6. The van der Waals surface area contributed by atoms with Gasteiger partial charge in [-0.05, 0) is 37.3 Å². The van der Waals surface area contributed by atoms with E-state index in [0.29, 0.717) is 11.5 Å². The Bertz CT molecular complexity index is 699. The average molecular weight is 377 g/mol. The van der Waals surface area contributed by atoms with Gasteiger partial charge in [-0.2, -0.15) is 5.10 Å². The summed E-state index contributed by atoms with van der Waals surface area (Å²) in [5, 5.41) is 4.08. The molecule has 2 aromatic carbocycles.